The summed E-state index contributed by atoms with van der Waals surface area (Å²) in [5, 5.41) is 5.94. The number of hydrogen-bond donors (Lipinski definition) is 0. The number of alkyl halides is 1. The van der Waals surface area contributed by atoms with Crippen LogP contribution < -0.4 is 0 Å². The molecule has 2 aromatic heterocycles. The average Bonchev–Trinajstić information content (AvgIpc) is 2.84. The maximum atomic E-state index is 5.16. The van der Waals surface area contributed by atoms with Gasteiger partial charge < -0.3 is 4.52 Å². The highest BCUT2D eigenvalue weighted by Gasteiger charge is 2.15. The van der Waals surface area contributed by atoms with Crippen molar-refractivity contribution in [3.63, 3.8) is 0 Å². The third-order valence-electron chi connectivity index (χ3n) is 1.86. The van der Waals surface area contributed by atoms with Crippen LogP contribution in [0.25, 0.3) is 10.7 Å². The molecule has 1 unspecified atom stereocenters. The first kappa shape index (κ1) is 11.3. The predicted octanol–water partition coefficient (Wildman–Crippen LogP) is 4.41. The third-order valence-corrected chi connectivity index (χ3v) is 4.58. The molecule has 0 N–H and O–H groups in total. The highest BCUT2D eigenvalue weighted by Crippen LogP contribution is 2.30. The van der Waals surface area contributed by atoms with Crippen LogP contribution in [0.15, 0.2) is 20.4 Å². The van der Waals surface area contributed by atoms with Gasteiger partial charge in [-0.05, 0) is 28.4 Å². The number of thiophene rings is 1. The highest BCUT2D eigenvalue weighted by molar-refractivity contribution is 9.10. The zero-order valence-corrected chi connectivity index (χ0v) is 11.9. The first-order chi connectivity index (χ1) is 7.20. The first-order valence-electron chi connectivity index (χ1n) is 4.42. The molecule has 0 saturated heterocycles. The molecule has 0 aromatic carbocycles. The highest BCUT2D eigenvalue weighted by atomic mass is 79.9. The van der Waals surface area contributed by atoms with Gasteiger partial charge in [-0.1, -0.05) is 28.0 Å². The molecule has 2 aromatic rings. The fourth-order valence-electron chi connectivity index (χ4n) is 1.07. The lowest BCUT2D eigenvalue weighted by Gasteiger charge is -1.96. The molecule has 15 heavy (non-hydrogen) atoms. The molecule has 0 aliphatic carbocycles. The van der Waals surface area contributed by atoms with Crippen LogP contribution in [0.3, 0.4) is 0 Å². The summed E-state index contributed by atoms with van der Waals surface area (Å²) in [5.41, 5.74) is 0. The lowest BCUT2D eigenvalue weighted by Crippen LogP contribution is -1.86. The van der Waals surface area contributed by atoms with Crippen molar-refractivity contribution in [3.8, 4) is 10.7 Å². The quantitative estimate of drug-likeness (QED) is 0.769. The Morgan fingerprint density at radius 2 is 2.40 bits per heavy atom. The summed E-state index contributed by atoms with van der Waals surface area (Å²) >= 11 is 8.46. The van der Waals surface area contributed by atoms with Crippen molar-refractivity contribution in [3.05, 3.63) is 21.8 Å². The van der Waals surface area contributed by atoms with Crippen LogP contribution in [-0.4, -0.2) is 10.1 Å². The van der Waals surface area contributed by atoms with Gasteiger partial charge in [-0.15, -0.1) is 11.3 Å². The summed E-state index contributed by atoms with van der Waals surface area (Å²) in [6.07, 6.45) is 0.926. The molecule has 0 amide bonds. The molecular formula is C9H8Br2N2OS. The van der Waals surface area contributed by atoms with Crippen LogP contribution in [0.4, 0.5) is 0 Å². The molecule has 2 rings (SSSR count). The van der Waals surface area contributed by atoms with E-state index in [0.717, 1.165) is 15.8 Å². The third kappa shape index (κ3) is 2.49. The summed E-state index contributed by atoms with van der Waals surface area (Å²) in [7, 11) is 0. The van der Waals surface area contributed by atoms with E-state index >= 15 is 0 Å². The van der Waals surface area contributed by atoms with Crippen molar-refractivity contribution in [2.24, 2.45) is 0 Å². The Balaban J connectivity index is 2.27. The smallest absolute Gasteiger partial charge is 0.240 e. The molecule has 1 atom stereocenters. The molecule has 0 saturated carbocycles. The zero-order chi connectivity index (χ0) is 10.8. The SMILES string of the molecule is CCC(Br)c1nc(-c2cc(Br)cs2)no1. The summed E-state index contributed by atoms with van der Waals surface area (Å²) in [5.74, 6) is 1.29. The molecular weight excluding hydrogens is 344 g/mol. The van der Waals surface area contributed by atoms with Gasteiger partial charge in [0.25, 0.3) is 0 Å². The largest absolute Gasteiger partial charge is 0.338 e. The fraction of sp³-hybridized carbons (Fsp3) is 0.333. The van der Waals surface area contributed by atoms with Gasteiger partial charge >= 0.3 is 0 Å². The van der Waals surface area contributed by atoms with Crippen LogP contribution >= 0.6 is 43.2 Å². The molecule has 2 heterocycles. The van der Waals surface area contributed by atoms with Gasteiger partial charge in [-0.3, -0.25) is 0 Å². The van der Waals surface area contributed by atoms with Crippen molar-refractivity contribution < 1.29 is 4.52 Å². The molecule has 80 valence electrons. The Hall–Kier alpha value is -0.200. The maximum Gasteiger partial charge on any atom is 0.240 e. The second-order valence-electron chi connectivity index (χ2n) is 2.96. The minimum atomic E-state index is 0.141. The normalized spacial score (nSPS) is 13.0. The van der Waals surface area contributed by atoms with Crippen LogP contribution in [0.1, 0.15) is 24.1 Å². The van der Waals surface area contributed by atoms with E-state index in [1.165, 1.54) is 0 Å². The molecule has 0 fully saturated rings. The number of rotatable bonds is 3. The topological polar surface area (TPSA) is 38.9 Å². The Morgan fingerprint density at radius 3 is 3.00 bits per heavy atom. The molecule has 0 aliphatic heterocycles. The van der Waals surface area contributed by atoms with E-state index in [1.807, 2.05) is 11.4 Å². The molecule has 0 radical (unpaired) electrons. The van der Waals surface area contributed by atoms with Crippen LogP contribution in [-0.2, 0) is 0 Å². The Labute approximate surface area is 108 Å². The minimum absolute atomic E-state index is 0.141. The van der Waals surface area contributed by atoms with E-state index < -0.39 is 0 Å². The van der Waals surface area contributed by atoms with Gasteiger partial charge in [0.05, 0.1) is 9.70 Å². The van der Waals surface area contributed by atoms with E-state index in [4.69, 9.17) is 4.52 Å². The van der Waals surface area contributed by atoms with Gasteiger partial charge in [0, 0.05) is 9.85 Å². The Kier molecular flexibility index (Phi) is 3.58. The number of aromatic nitrogens is 2. The molecule has 0 bridgehead atoms. The van der Waals surface area contributed by atoms with Crippen molar-refractivity contribution in [1.29, 1.82) is 0 Å². The second-order valence-corrected chi connectivity index (χ2v) is 5.89. The van der Waals surface area contributed by atoms with E-state index in [-0.39, 0.29) is 4.83 Å². The lowest BCUT2D eigenvalue weighted by molar-refractivity contribution is 0.377. The fourth-order valence-corrected chi connectivity index (χ4v) is 2.61. The van der Waals surface area contributed by atoms with Gasteiger partial charge in [0.15, 0.2) is 0 Å². The summed E-state index contributed by atoms with van der Waals surface area (Å²) in [6.45, 7) is 2.06. The van der Waals surface area contributed by atoms with E-state index in [0.29, 0.717) is 11.7 Å². The van der Waals surface area contributed by atoms with Crippen molar-refractivity contribution in [2.75, 3.05) is 0 Å². The van der Waals surface area contributed by atoms with Crippen LogP contribution in [0.2, 0.25) is 0 Å². The molecule has 6 heteroatoms. The monoisotopic (exact) mass is 350 g/mol. The number of hydrogen-bond acceptors (Lipinski definition) is 4. The predicted molar refractivity (Wildman–Crippen MR) is 67.3 cm³/mol. The molecule has 0 aliphatic rings. The summed E-state index contributed by atoms with van der Waals surface area (Å²) in [4.78, 5) is 5.48. The zero-order valence-electron chi connectivity index (χ0n) is 7.91. The lowest BCUT2D eigenvalue weighted by atomic mass is 10.3. The standard InChI is InChI=1S/C9H8Br2N2OS/c1-2-6(11)9-12-8(13-14-9)7-3-5(10)4-15-7/h3-4,6H,2H2,1H3. The van der Waals surface area contributed by atoms with Gasteiger partial charge in [-0.2, -0.15) is 4.98 Å². The van der Waals surface area contributed by atoms with Gasteiger partial charge in [-0.25, -0.2) is 0 Å². The van der Waals surface area contributed by atoms with Gasteiger partial charge in [0.2, 0.25) is 11.7 Å². The molecule has 0 spiro atoms. The summed E-state index contributed by atoms with van der Waals surface area (Å²) < 4.78 is 6.21. The van der Waals surface area contributed by atoms with Crippen LogP contribution in [0, 0.1) is 0 Å². The number of halogens is 2. The van der Waals surface area contributed by atoms with Crippen molar-refractivity contribution in [1.82, 2.24) is 10.1 Å². The Morgan fingerprint density at radius 1 is 1.60 bits per heavy atom. The Bertz CT molecular complexity index is 454. The van der Waals surface area contributed by atoms with E-state index in [9.17, 15) is 0 Å². The average molecular weight is 352 g/mol. The second kappa shape index (κ2) is 4.76. The van der Waals surface area contributed by atoms with Gasteiger partial charge in [0.1, 0.15) is 0 Å². The maximum absolute atomic E-state index is 5.16. The number of nitrogens with zero attached hydrogens (tertiary/aromatic N) is 2. The molecule has 3 nitrogen and oxygen atoms in total. The summed E-state index contributed by atoms with van der Waals surface area (Å²) in [6, 6.07) is 1.98. The van der Waals surface area contributed by atoms with E-state index in [2.05, 4.69) is 48.9 Å². The van der Waals surface area contributed by atoms with Crippen molar-refractivity contribution in [2.45, 2.75) is 18.2 Å². The van der Waals surface area contributed by atoms with Crippen LogP contribution in [0.5, 0.6) is 0 Å². The minimum Gasteiger partial charge on any atom is -0.338 e. The van der Waals surface area contributed by atoms with E-state index in [1.54, 1.807) is 11.3 Å². The van der Waals surface area contributed by atoms with Crippen molar-refractivity contribution >= 4 is 43.2 Å². The first-order valence-corrected chi connectivity index (χ1v) is 7.01.